The molecule has 0 atom stereocenters. The predicted molar refractivity (Wildman–Crippen MR) is 82.3 cm³/mol. The molecule has 0 radical (unpaired) electrons. The third-order valence-corrected chi connectivity index (χ3v) is 3.24. The van der Waals surface area contributed by atoms with Gasteiger partial charge in [-0.1, -0.05) is 37.4 Å². The van der Waals surface area contributed by atoms with Crippen molar-refractivity contribution in [2.45, 2.75) is 32.6 Å². The number of anilines is 1. The van der Waals surface area contributed by atoms with Crippen LogP contribution in [-0.4, -0.2) is 16.8 Å². The lowest BCUT2D eigenvalue weighted by atomic mass is 10.2. The molecular weight excluding hydrogens is 277 g/mol. The SMILES string of the molecule is CCCCCCNC(=S)Nc1noc2c(F)cccc12. The molecule has 1 aromatic heterocycles. The molecule has 2 N–H and O–H groups in total. The van der Waals surface area contributed by atoms with Crippen LogP contribution in [0.1, 0.15) is 32.6 Å². The van der Waals surface area contributed by atoms with E-state index < -0.39 is 5.82 Å². The van der Waals surface area contributed by atoms with Crippen molar-refractivity contribution in [2.75, 3.05) is 11.9 Å². The van der Waals surface area contributed by atoms with Crippen LogP contribution < -0.4 is 10.6 Å². The molecule has 1 heterocycles. The zero-order chi connectivity index (χ0) is 14.4. The van der Waals surface area contributed by atoms with Crippen molar-refractivity contribution in [1.29, 1.82) is 0 Å². The van der Waals surface area contributed by atoms with E-state index in [4.69, 9.17) is 16.7 Å². The smallest absolute Gasteiger partial charge is 0.204 e. The van der Waals surface area contributed by atoms with E-state index in [0.29, 0.717) is 16.3 Å². The van der Waals surface area contributed by atoms with E-state index in [2.05, 4.69) is 22.7 Å². The standard InChI is InChI=1S/C14H18FN3OS/c1-2-3-4-5-9-16-14(20)17-13-10-7-6-8-11(15)12(10)19-18-13/h6-8H,2-5,9H2,1H3,(H2,16,17,18,20). The second-order valence-electron chi connectivity index (χ2n) is 4.59. The Kier molecular flexibility index (Phi) is 5.29. The summed E-state index contributed by atoms with van der Waals surface area (Å²) in [5.41, 5.74) is 0.140. The molecule has 1 aromatic carbocycles. The number of benzene rings is 1. The van der Waals surface area contributed by atoms with E-state index in [9.17, 15) is 4.39 Å². The summed E-state index contributed by atoms with van der Waals surface area (Å²) >= 11 is 5.18. The molecule has 0 saturated carbocycles. The van der Waals surface area contributed by atoms with E-state index in [-0.39, 0.29) is 5.58 Å². The molecule has 4 nitrogen and oxygen atoms in total. The molecule has 0 bridgehead atoms. The van der Waals surface area contributed by atoms with Crippen LogP contribution in [-0.2, 0) is 0 Å². The topological polar surface area (TPSA) is 50.1 Å². The number of thiocarbonyl (C=S) groups is 1. The Morgan fingerprint density at radius 2 is 2.20 bits per heavy atom. The van der Waals surface area contributed by atoms with Gasteiger partial charge in [0.2, 0.25) is 5.58 Å². The molecule has 0 fully saturated rings. The summed E-state index contributed by atoms with van der Waals surface area (Å²) < 4.78 is 18.4. The number of nitrogens with one attached hydrogen (secondary N) is 2. The molecular formula is C14H18FN3OS. The van der Waals surface area contributed by atoms with E-state index in [1.807, 2.05) is 0 Å². The van der Waals surface area contributed by atoms with Crippen LogP contribution in [0.4, 0.5) is 10.2 Å². The summed E-state index contributed by atoms with van der Waals surface area (Å²) in [7, 11) is 0. The van der Waals surface area contributed by atoms with Gasteiger partial charge in [0.1, 0.15) is 0 Å². The third-order valence-electron chi connectivity index (χ3n) is 3.00. The molecule has 0 aliphatic heterocycles. The van der Waals surface area contributed by atoms with Crippen LogP contribution in [0.2, 0.25) is 0 Å². The van der Waals surface area contributed by atoms with Gasteiger partial charge >= 0.3 is 0 Å². The van der Waals surface area contributed by atoms with Gasteiger partial charge < -0.3 is 15.2 Å². The van der Waals surface area contributed by atoms with Gasteiger partial charge in [-0.25, -0.2) is 4.39 Å². The van der Waals surface area contributed by atoms with Crippen LogP contribution >= 0.6 is 12.2 Å². The molecule has 2 aromatic rings. The van der Waals surface area contributed by atoms with Gasteiger partial charge in [0.05, 0.1) is 5.39 Å². The molecule has 2 rings (SSSR count). The Bertz CT molecular complexity index is 585. The van der Waals surface area contributed by atoms with Crippen LogP contribution in [0.3, 0.4) is 0 Å². The van der Waals surface area contributed by atoms with E-state index in [0.717, 1.165) is 13.0 Å². The fourth-order valence-electron chi connectivity index (χ4n) is 1.92. The first-order valence-corrected chi connectivity index (χ1v) is 7.22. The lowest BCUT2D eigenvalue weighted by molar-refractivity contribution is 0.443. The van der Waals surface area contributed by atoms with Gasteiger partial charge in [-0.05, 0) is 30.8 Å². The van der Waals surface area contributed by atoms with Crippen LogP contribution in [0.25, 0.3) is 11.0 Å². The average molecular weight is 295 g/mol. The Balaban J connectivity index is 1.88. The summed E-state index contributed by atoms with van der Waals surface area (Å²) in [6.07, 6.45) is 4.70. The Morgan fingerprint density at radius 3 is 3.00 bits per heavy atom. The normalized spacial score (nSPS) is 10.7. The van der Waals surface area contributed by atoms with Crippen LogP contribution in [0, 0.1) is 5.82 Å². The lowest BCUT2D eigenvalue weighted by Gasteiger charge is -2.08. The van der Waals surface area contributed by atoms with Crippen LogP contribution in [0.5, 0.6) is 0 Å². The highest BCUT2D eigenvalue weighted by molar-refractivity contribution is 7.80. The second-order valence-corrected chi connectivity index (χ2v) is 5.00. The fraction of sp³-hybridized carbons (Fsp3) is 0.429. The van der Waals surface area contributed by atoms with Crippen molar-refractivity contribution in [3.8, 4) is 0 Å². The van der Waals surface area contributed by atoms with E-state index in [1.54, 1.807) is 12.1 Å². The fourth-order valence-corrected chi connectivity index (χ4v) is 2.12. The van der Waals surface area contributed by atoms with Crippen molar-refractivity contribution in [2.24, 2.45) is 0 Å². The highest BCUT2D eigenvalue weighted by Gasteiger charge is 2.12. The first-order valence-electron chi connectivity index (χ1n) is 6.81. The molecule has 0 aliphatic carbocycles. The number of unbranched alkanes of at least 4 members (excludes halogenated alkanes) is 3. The zero-order valence-corrected chi connectivity index (χ0v) is 12.2. The molecule has 0 amide bonds. The minimum atomic E-state index is -0.429. The number of hydrogen-bond acceptors (Lipinski definition) is 3. The minimum absolute atomic E-state index is 0.140. The van der Waals surface area contributed by atoms with Crippen molar-refractivity contribution in [1.82, 2.24) is 10.5 Å². The quantitative estimate of drug-likeness (QED) is 0.626. The van der Waals surface area contributed by atoms with Gasteiger partial charge in [0, 0.05) is 6.54 Å². The number of aromatic nitrogens is 1. The number of hydrogen-bond donors (Lipinski definition) is 2. The van der Waals surface area contributed by atoms with E-state index in [1.165, 1.54) is 25.3 Å². The maximum Gasteiger partial charge on any atom is 0.204 e. The first-order chi connectivity index (χ1) is 9.72. The maximum absolute atomic E-state index is 13.4. The van der Waals surface area contributed by atoms with Crippen molar-refractivity contribution in [3.63, 3.8) is 0 Å². The number of nitrogens with zero attached hydrogens (tertiary/aromatic N) is 1. The minimum Gasteiger partial charge on any atom is -0.362 e. The summed E-state index contributed by atoms with van der Waals surface area (Å²) in [6.45, 7) is 2.99. The molecule has 108 valence electrons. The molecule has 0 aliphatic rings. The third kappa shape index (κ3) is 3.66. The number of para-hydroxylation sites is 1. The lowest BCUT2D eigenvalue weighted by Crippen LogP contribution is -2.29. The van der Waals surface area contributed by atoms with Crippen molar-refractivity contribution < 1.29 is 8.91 Å². The second kappa shape index (κ2) is 7.19. The summed E-state index contributed by atoms with van der Waals surface area (Å²) in [5, 5.41) is 10.9. The first kappa shape index (κ1) is 14.7. The van der Waals surface area contributed by atoms with Gasteiger partial charge in [0.15, 0.2) is 16.7 Å². The number of fused-ring (bicyclic) bond motifs is 1. The zero-order valence-electron chi connectivity index (χ0n) is 11.4. The molecule has 0 unspecified atom stereocenters. The molecule has 0 saturated heterocycles. The molecule has 0 spiro atoms. The van der Waals surface area contributed by atoms with E-state index >= 15 is 0 Å². The summed E-state index contributed by atoms with van der Waals surface area (Å²) in [6, 6.07) is 4.68. The summed E-state index contributed by atoms with van der Waals surface area (Å²) in [5.74, 6) is 0.00653. The maximum atomic E-state index is 13.4. The number of rotatable bonds is 6. The molecule has 6 heteroatoms. The average Bonchev–Trinajstić information content (AvgIpc) is 2.83. The largest absolute Gasteiger partial charge is 0.362 e. The van der Waals surface area contributed by atoms with Gasteiger partial charge in [-0.3, -0.25) is 0 Å². The van der Waals surface area contributed by atoms with Crippen molar-refractivity contribution in [3.05, 3.63) is 24.0 Å². The van der Waals surface area contributed by atoms with Gasteiger partial charge in [0.25, 0.3) is 0 Å². The van der Waals surface area contributed by atoms with Crippen LogP contribution in [0.15, 0.2) is 22.7 Å². The Hall–Kier alpha value is -1.69. The Morgan fingerprint density at radius 1 is 1.35 bits per heavy atom. The predicted octanol–water partition coefficient (Wildman–Crippen LogP) is 3.83. The van der Waals surface area contributed by atoms with Gasteiger partial charge in [-0.15, -0.1) is 0 Å². The highest BCUT2D eigenvalue weighted by Crippen LogP contribution is 2.24. The monoisotopic (exact) mass is 295 g/mol. The van der Waals surface area contributed by atoms with Crippen molar-refractivity contribution >= 4 is 34.1 Å². The highest BCUT2D eigenvalue weighted by atomic mass is 32.1. The molecule has 20 heavy (non-hydrogen) atoms. The number of halogens is 1. The summed E-state index contributed by atoms with van der Waals surface area (Å²) in [4.78, 5) is 0. The Labute approximate surface area is 122 Å². The van der Waals surface area contributed by atoms with Gasteiger partial charge in [-0.2, -0.15) is 0 Å².